The van der Waals surface area contributed by atoms with E-state index in [1.807, 2.05) is 0 Å². The summed E-state index contributed by atoms with van der Waals surface area (Å²) in [7, 11) is 1.33. The van der Waals surface area contributed by atoms with Crippen molar-refractivity contribution in [3.8, 4) is 0 Å². The van der Waals surface area contributed by atoms with Crippen LogP contribution in [-0.4, -0.2) is 65.7 Å². The first-order valence-electron chi connectivity index (χ1n) is 11.9. The van der Waals surface area contributed by atoms with Gasteiger partial charge in [-0.15, -0.1) is 0 Å². The van der Waals surface area contributed by atoms with E-state index in [0.29, 0.717) is 6.42 Å². The lowest BCUT2D eigenvalue weighted by molar-refractivity contribution is -0.295. The van der Waals surface area contributed by atoms with Crippen LogP contribution in [0.15, 0.2) is 0 Å². The van der Waals surface area contributed by atoms with Crippen molar-refractivity contribution in [1.82, 2.24) is 0 Å². The van der Waals surface area contributed by atoms with E-state index >= 15 is 0 Å². The topological polar surface area (TPSA) is 105 Å². The molecule has 1 aliphatic rings. The van der Waals surface area contributed by atoms with Crippen molar-refractivity contribution < 1.29 is 34.3 Å². The van der Waals surface area contributed by atoms with Crippen LogP contribution in [0.4, 0.5) is 0 Å². The Morgan fingerprint density at radius 3 is 1.77 bits per heavy atom. The van der Waals surface area contributed by atoms with Gasteiger partial charge in [0.25, 0.3) is 0 Å². The molecule has 0 saturated carbocycles. The van der Waals surface area contributed by atoms with Crippen molar-refractivity contribution >= 4 is 5.97 Å². The number of esters is 1. The largest absolute Gasteiger partial charge is 0.463 e. The van der Waals surface area contributed by atoms with Crippen LogP contribution in [-0.2, 0) is 19.0 Å². The lowest BCUT2D eigenvalue weighted by atomic mass is 9.99. The number of carbonyl (C=O) groups is 1. The Kier molecular flexibility index (Phi) is 15.4. The second kappa shape index (κ2) is 16.9. The normalized spacial score (nSPS) is 26.6. The van der Waals surface area contributed by atoms with Gasteiger partial charge in [0.05, 0.1) is 0 Å². The Balaban J connectivity index is 1.97. The van der Waals surface area contributed by atoms with E-state index in [2.05, 4.69) is 6.92 Å². The molecule has 1 heterocycles. The van der Waals surface area contributed by atoms with E-state index in [1.54, 1.807) is 0 Å². The first kappa shape index (κ1) is 27.3. The van der Waals surface area contributed by atoms with Gasteiger partial charge in [0.15, 0.2) is 6.29 Å². The highest BCUT2D eigenvalue weighted by Crippen LogP contribution is 2.22. The zero-order valence-electron chi connectivity index (χ0n) is 19.0. The molecule has 0 amide bonds. The van der Waals surface area contributed by atoms with Crippen molar-refractivity contribution in [3.05, 3.63) is 0 Å². The number of unbranched alkanes of at least 4 members (excludes halogenated alkanes) is 12. The average molecular weight is 433 g/mol. The summed E-state index contributed by atoms with van der Waals surface area (Å²) < 4.78 is 15.4. The summed E-state index contributed by atoms with van der Waals surface area (Å²) in [6.07, 6.45) is 10.5. The lowest BCUT2D eigenvalue weighted by Crippen LogP contribution is -2.59. The molecule has 0 aliphatic carbocycles. The Morgan fingerprint density at radius 1 is 0.767 bits per heavy atom. The summed E-state index contributed by atoms with van der Waals surface area (Å²) in [5, 5.41) is 29.5. The number of ether oxygens (including phenoxy) is 3. The molecule has 7 heteroatoms. The standard InChI is InChI=1S/C23H44O7/c1-3-4-5-6-7-8-9-10-11-12-13-14-15-16-19(24)29-17-18-20(25)21(26)22(27)23(28-2)30-18/h18,20-23,25-27H,3-17H2,1-2H3/t18-,20-,21+,22-,23+/m1/s1. The predicted molar refractivity (Wildman–Crippen MR) is 115 cm³/mol. The first-order valence-corrected chi connectivity index (χ1v) is 11.9. The zero-order chi connectivity index (χ0) is 22.2. The highest BCUT2D eigenvalue weighted by atomic mass is 16.7. The highest BCUT2D eigenvalue weighted by Gasteiger charge is 2.44. The monoisotopic (exact) mass is 432 g/mol. The third-order valence-electron chi connectivity index (χ3n) is 5.79. The van der Waals surface area contributed by atoms with Crippen molar-refractivity contribution in [2.75, 3.05) is 13.7 Å². The fourth-order valence-corrected chi connectivity index (χ4v) is 3.78. The number of methoxy groups -OCH3 is 1. The van der Waals surface area contributed by atoms with E-state index in [4.69, 9.17) is 14.2 Å². The van der Waals surface area contributed by atoms with Crippen LogP contribution in [0.3, 0.4) is 0 Å². The second-order valence-electron chi connectivity index (χ2n) is 8.43. The second-order valence-corrected chi connectivity index (χ2v) is 8.43. The number of hydrogen-bond acceptors (Lipinski definition) is 7. The van der Waals surface area contributed by atoms with Gasteiger partial charge in [0.1, 0.15) is 31.0 Å². The summed E-state index contributed by atoms with van der Waals surface area (Å²) >= 11 is 0. The molecule has 1 fully saturated rings. The third-order valence-corrected chi connectivity index (χ3v) is 5.79. The lowest BCUT2D eigenvalue weighted by Gasteiger charge is -2.39. The Labute approximate surface area is 182 Å². The molecule has 1 saturated heterocycles. The molecule has 7 nitrogen and oxygen atoms in total. The number of aliphatic hydroxyl groups excluding tert-OH is 3. The number of aliphatic hydroxyl groups is 3. The van der Waals surface area contributed by atoms with E-state index < -0.39 is 30.7 Å². The molecule has 0 unspecified atom stereocenters. The van der Waals surface area contributed by atoms with Crippen molar-refractivity contribution in [2.24, 2.45) is 0 Å². The minimum Gasteiger partial charge on any atom is -0.463 e. The first-order chi connectivity index (χ1) is 14.5. The molecule has 30 heavy (non-hydrogen) atoms. The molecule has 0 aromatic carbocycles. The van der Waals surface area contributed by atoms with Gasteiger partial charge in [-0.1, -0.05) is 84.0 Å². The van der Waals surface area contributed by atoms with Gasteiger partial charge in [0, 0.05) is 13.5 Å². The van der Waals surface area contributed by atoms with Crippen LogP contribution in [0.2, 0.25) is 0 Å². The molecule has 0 aromatic rings. The van der Waals surface area contributed by atoms with Crippen molar-refractivity contribution in [2.45, 2.75) is 128 Å². The number of rotatable bonds is 17. The number of carbonyl (C=O) groups excluding carboxylic acids is 1. The van der Waals surface area contributed by atoms with E-state index in [-0.39, 0.29) is 12.6 Å². The van der Waals surface area contributed by atoms with Crippen LogP contribution < -0.4 is 0 Å². The van der Waals surface area contributed by atoms with Gasteiger partial charge in [0.2, 0.25) is 0 Å². The molecule has 5 atom stereocenters. The third kappa shape index (κ3) is 11.0. The minimum absolute atomic E-state index is 0.178. The predicted octanol–water partition coefficient (Wildman–Crippen LogP) is 3.46. The van der Waals surface area contributed by atoms with Gasteiger partial charge in [-0.2, -0.15) is 0 Å². The minimum atomic E-state index is -1.41. The summed E-state index contributed by atoms with van der Waals surface area (Å²) in [6, 6.07) is 0. The molecule has 0 spiro atoms. The summed E-state index contributed by atoms with van der Waals surface area (Å²) in [5.74, 6) is -0.344. The highest BCUT2D eigenvalue weighted by molar-refractivity contribution is 5.69. The van der Waals surface area contributed by atoms with Gasteiger partial charge < -0.3 is 29.5 Å². The Hall–Kier alpha value is -0.730. The maximum atomic E-state index is 11.9. The van der Waals surface area contributed by atoms with E-state index in [0.717, 1.165) is 19.3 Å². The molecule has 0 aromatic heterocycles. The molecule has 0 bridgehead atoms. The van der Waals surface area contributed by atoms with Gasteiger partial charge >= 0.3 is 5.97 Å². The van der Waals surface area contributed by atoms with Crippen LogP contribution >= 0.6 is 0 Å². The van der Waals surface area contributed by atoms with Crippen LogP contribution in [0.1, 0.15) is 96.8 Å². The quantitative estimate of drug-likeness (QED) is 0.239. The van der Waals surface area contributed by atoms with Gasteiger partial charge in [-0.05, 0) is 6.42 Å². The van der Waals surface area contributed by atoms with Crippen LogP contribution in [0.5, 0.6) is 0 Å². The Bertz CT molecular complexity index is 430. The molecular formula is C23H44O7. The molecular weight excluding hydrogens is 388 g/mol. The van der Waals surface area contributed by atoms with Crippen molar-refractivity contribution in [3.63, 3.8) is 0 Å². The number of hydrogen-bond donors (Lipinski definition) is 3. The van der Waals surface area contributed by atoms with Crippen LogP contribution in [0, 0.1) is 0 Å². The summed E-state index contributed by atoms with van der Waals surface area (Å²) in [5.41, 5.74) is 0. The summed E-state index contributed by atoms with van der Waals surface area (Å²) in [4.78, 5) is 11.9. The summed E-state index contributed by atoms with van der Waals surface area (Å²) in [6.45, 7) is 2.07. The van der Waals surface area contributed by atoms with Crippen LogP contribution in [0.25, 0.3) is 0 Å². The zero-order valence-corrected chi connectivity index (χ0v) is 19.0. The maximum absolute atomic E-state index is 11.9. The molecule has 178 valence electrons. The van der Waals surface area contributed by atoms with Gasteiger partial charge in [-0.3, -0.25) is 4.79 Å². The fraction of sp³-hybridized carbons (Fsp3) is 0.957. The smallest absolute Gasteiger partial charge is 0.305 e. The molecule has 1 aliphatic heterocycles. The fourth-order valence-electron chi connectivity index (χ4n) is 3.78. The van der Waals surface area contributed by atoms with E-state index in [9.17, 15) is 20.1 Å². The SMILES string of the molecule is CCCCCCCCCCCCCCCC(=O)OC[C@H]1O[C@H](OC)[C@H](O)[C@@H](O)[C@@H]1O. The average Bonchev–Trinajstić information content (AvgIpc) is 2.75. The van der Waals surface area contributed by atoms with Gasteiger partial charge in [-0.25, -0.2) is 0 Å². The molecule has 3 N–H and O–H groups in total. The maximum Gasteiger partial charge on any atom is 0.305 e. The van der Waals surface area contributed by atoms with E-state index in [1.165, 1.54) is 71.3 Å². The Morgan fingerprint density at radius 2 is 1.27 bits per heavy atom. The molecule has 1 rings (SSSR count). The van der Waals surface area contributed by atoms with Crippen molar-refractivity contribution in [1.29, 1.82) is 0 Å². The molecule has 0 radical (unpaired) electrons.